The van der Waals surface area contributed by atoms with Gasteiger partial charge in [0.05, 0.1) is 20.7 Å². The molecule has 2 rings (SSSR count). The van der Waals surface area contributed by atoms with E-state index in [0.29, 0.717) is 0 Å². The number of halogens is 1. The van der Waals surface area contributed by atoms with Crippen molar-refractivity contribution in [2.24, 2.45) is 7.05 Å². The lowest BCUT2D eigenvalue weighted by Crippen LogP contribution is -2.26. The predicted octanol–water partition coefficient (Wildman–Crippen LogP) is 2.89. The molecule has 1 atom stereocenters. The van der Waals surface area contributed by atoms with E-state index in [1.54, 1.807) is 17.5 Å². The quantitative estimate of drug-likeness (QED) is 0.839. The number of hydrogen-bond donors (Lipinski definition) is 1. The van der Waals surface area contributed by atoms with Crippen molar-refractivity contribution in [3.05, 3.63) is 37.3 Å². The molecule has 2 aromatic rings. The third kappa shape index (κ3) is 2.74. The van der Waals surface area contributed by atoms with Crippen LogP contribution in [0.2, 0.25) is 0 Å². The highest BCUT2D eigenvalue weighted by Crippen LogP contribution is 2.19. The largest absolute Gasteiger partial charge is 0.345 e. The highest BCUT2D eigenvalue weighted by atomic mass is 127. The molecule has 4 nitrogen and oxygen atoms in total. The van der Waals surface area contributed by atoms with Crippen molar-refractivity contribution in [3.8, 4) is 0 Å². The molecule has 0 aliphatic rings. The van der Waals surface area contributed by atoms with Crippen molar-refractivity contribution in [1.82, 2.24) is 15.1 Å². The number of nitrogens with one attached hydrogen (secondary N) is 1. The number of aryl methyl sites for hydroxylation is 1. The van der Waals surface area contributed by atoms with Gasteiger partial charge >= 0.3 is 0 Å². The normalized spacial score (nSPS) is 12.4. The summed E-state index contributed by atoms with van der Waals surface area (Å²) in [7, 11) is 1.90. The Morgan fingerprint density at radius 1 is 1.61 bits per heavy atom. The SMILES string of the molecule is Cc1c(C(C)NC(=O)c2csc(I)c2)cnn1C. The summed E-state index contributed by atoms with van der Waals surface area (Å²) < 4.78 is 2.92. The van der Waals surface area contributed by atoms with Crippen LogP contribution in [-0.2, 0) is 7.05 Å². The van der Waals surface area contributed by atoms with Crippen LogP contribution in [0.1, 0.15) is 34.6 Å². The number of thiophene rings is 1. The van der Waals surface area contributed by atoms with Gasteiger partial charge in [0.15, 0.2) is 0 Å². The second-order valence-corrected chi connectivity index (χ2v) is 6.95. The van der Waals surface area contributed by atoms with Gasteiger partial charge < -0.3 is 5.32 Å². The van der Waals surface area contributed by atoms with Crippen LogP contribution in [0, 0.1) is 9.81 Å². The maximum absolute atomic E-state index is 12.0. The van der Waals surface area contributed by atoms with Crippen LogP contribution in [0.25, 0.3) is 0 Å². The summed E-state index contributed by atoms with van der Waals surface area (Å²) in [5, 5.41) is 9.05. The smallest absolute Gasteiger partial charge is 0.252 e. The molecule has 2 heterocycles. The summed E-state index contributed by atoms with van der Waals surface area (Å²) in [5.41, 5.74) is 2.84. The van der Waals surface area contributed by atoms with E-state index < -0.39 is 0 Å². The molecule has 0 aromatic carbocycles. The van der Waals surface area contributed by atoms with Gasteiger partial charge in [0.1, 0.15) is 0 Å². The Balaban J connectivity index is 2.10. The molecule has 6 heteroatoms. The van der Waals surface area contributed by atoms with Crippen LogP contribution in [-0.4, -0.2) is 15.7 Å². The lowest BCUT2D eigenvalue weighted by Gasteiger charge is -2.13. The monoisotopic (exact) mass is 375 g/mol. The Bertz CT molecular complexity index is 576. The van der Waals surface area contributed by atoms with Gasteiger partial charge in [0.25, 0.3) is 5.91 Å². The van der Waals surface area contributed by atoms with E-state index >= 15 is 0 Å². The molecule has 0 bridgehead atoms. The van der Waals surface area contributed by atoms with E-state index in [1.807, 2.05) is 37.0 Å². The Labute approximate surface area is 124 Å². The highest BCUT2D eigenvalue weighted by Gasteiger charge is 2.16. The van der Waals surface area contributed by atoms with Crippen LogP contribution in [0.3, 0.4) is 0 Å². The van der Waals surface area contributed by atoms with Crippen molar-refractivity contribution in [1.29, 1.82) is 0 Å². The molecule has 0 saturated heterocycles. The standard InChI is InChI=1S/C12H14IN3OS/c1-7(10-5-14-16(3)8(10)2)15-12(17)9-4-11(13)18-6-9/h4-7H,1-3H3,(H,15,17). The number of hydrogen-bond acceptors (Lipinski definition) is 3. The van der Waals surface area contributed by atoms with Crippen molar-refractivity contribution in [2.45, 2.75) is 19.9 Å². The minimum Gasteiger partial charge on any atom is -0.345 e. The molecule has 18 heavy (non-hydrogen) atoms. The van der Waals surface area contributed by atoms with Gasteiger partial charge in [-0.05, 0) is 42.5 Å². The van der Waals surface area contributed by atoms with Crippen LogP contribution < -0.4 is 5.32 Å². The van der Waals surface area contributed by atoms with Crippen LogP contribution in [0.4, 0.5) is 0 Å². The first kappa shape index (κ1) is 13.5. The maximum atomic E-state index is 12.0. The van der Waals surface area contributed by atoms with Gasteiger partial charge in [-0.1, -0.05) is 0 Å². The summed E-state index contributed by atoms with van der Waals surface area (Å²) in [4.78, 5) is 12.0. The average molecular weight is 375 g/mol. The molecule has 0 radical (unpaired) electrons. The fourth-order valence-electron chi connectivity index (χ4n) is 1.73. The molecule has 0 aliphatic heterocycles. The zero-order chi connectivity index (χ0) is 13.3. The predicted molar refractivity (Wildman–Crippen MR) is 80.9 cm³/mol. The zero-order valence-electron chi connectivity index (χ0n) is 10.4. The number of amides is 1. The second kappa shape index (κ2) is 5.40. The molecule has 96 valence electrons. The molecule has 1 unspecified atom stereocenters. The molecule has 0 saturated carbocycles. The molecule has 0 spiro atoms. The fourth-order valence-corrected chi connectivity index (χ4v) is 3.05. The summed E-state index contributed by atoms with van der Waals surface area (Å²) >= 11 is 3.79. The average Bonchev–Trinajstić information content (AvgIpc) is 2.87. The first-order valence-electron chi connectivity index (χ1n) is 5.52. The van der Waals surface area contributed by atoms with Crippen molar-refractivity contribution >= 4 is 39.8 Å². The molecular formula is C12H14IN3OS. The third-order valence-corrected chi connectivity index (χ3v) is 4.71. The van der Waals surface area contributed by atoms with Gasteiger partial charge in [0, 0.05) is 23.7 Å². The van der Waals surface area contributed by atoms with Gasteiger partial charge in [-0.25, -0.2) is 0 Å². The topological polar surface area (TPSA) is 46.9 Å². The Kier molecular flexibility index (Phi) is 4.06. The van der Waals surface area contributed by atoms with E-state index in [4.69, 9.17) is 0 Å². The van der Waals surface area contributed by atoms with Gasteiger partial charge in [0.2, 0.25) is 0 Å². The molecule has 0 fully saturated rings. The summed E-state index contributed by atoms with van der Waals surface area (Å²) in [6, 6.07) is 1.85. The van der Waals surface area contributed by atoms with Crippen molar-refractivity contribution < 1.29 is 4.79 Å². The minimum absolute atomic E-state index is 0.0371. The molecule has 0 aliphatic carbocycles. The summed E-state index contributed by atoms with van der Waals surface area (Å²) in [6.07, 6.45) is 1.80. The summed E-state index contributed by atoms with van der Waals surface area (Å²) in [6.45, 7) is 3.97. The molecule has 1 N–H and O–H groups in total. The van der Waals surface area contributed by atoms with Crippen LogP contribution in [0.5, 0.6) is 0 Å². The zero-order valence-corrected chi connectivity index (χ0v) is 13.4. The number of aromatic nitrogens is 2. The highest BCUT2D eigenvalue weighted by molar-refractivity contribution is 14.1. The molecule has 1 amide bonds. The second-order valence-electron chi connectivity index (χ2n) is 4.14. The number of carbonyl (C=O) groups is 1. The molecular weight excluding hydrogens is 361 g/mol. The van der Waals surface area contributed by atoms with Crippen molar-refractivity contribution in [3.63, 3.8) is 0 Å². The fraction of sp³-hybridized carbons (Fsp3) is 0.333. The van der Waals surface area contributed by atoms with Crippen LogP contribution in [0.15, 0.2) is 17.6 Å². The number of nitrogens with zero attached hydrogens (tertiary/aromatic N) is 2. The Morgan fingerprint density at radius 2 is 2.33 bits per heavy atom. The lowest BCUT2D eigenvalue weighted by atomic mass is 10.1. The first-order valence-corrected chi connectivity index (χ1v) is 7.48. The van der Waals surface area contributed by atoms with E-state index in [0.717, 1.165) is 19.7 Å². The van der Waals surface area contributed by atoms with E-state index in [9.17, 15) is 4.79 Å². The van der Waals surface area contributed by atoms with E-state index in [2.05, 4.69) is 33.0 Å². The van der Waals surface area contributed by atoms with Crippen molar-refractivity contribution in [2.75, 3.05) is 0 Å². The van der Waals surface area contributed by atoms with Gasteiger partial charge in [-0.2, -0.15) is 5.10 Å². The van der Waals surface area contributed by atoms with E-state index in [1.165, 1.54) is 0 Å². The Morgan fingerprint density at radius 3 is 2.83 bits per heavy atom. The van der Waals surface area contributed by atoms with Gasteiger partial charge in [-0.3, -0.25) is 9.48 Å². The minimum atomic E-state index is -0.0382. The first-order chi connectivity index (χ1) is 8.49. The molecule has 2 aromatic heterocycles. The Hall–Kier alpha value is -0.890. The van der Waals surface area contributed by atoms with E-state index in [-0.39, 0.29) is 11.9 Å². The van der Waals surface area contributed by atoms with Crippen LogP contribution >= 0.6 is 33.9 Å². The number of rotatable bonds is 3. The third-order valence-electron chi connectivity index (χ3n) is 2.92. The van der Waals surface area contributed by atoms with Gasteiger partial charge in [-0.15, -0.1) is 11.3 Å². The summed E-state index contributed by atoms with van der Waals surface area (Å²) in [5.74, 6) is -0.0371. The lowest BCUT2D eigenvalue weighted by molar-refractivity contribution is 0.0940. The maximum Gasteiger partial charge on any atom is 0.252 e. The number of carbonyl (C=O) groups excluding carboxylic acids is 1.